The normalized spacial score (nSPS) is 24.3. The van der Waals surface area contributed by atoms with E-state index >= 15 is 0 Å². The van der Waals surface area contributed by atoms with Gasteiger partial charge in [0.1, 0.15) is 0 Å². The van der Waals surface area contributed by atoms with Gasteiger partial charge in [-0.1, -0.05) is 0 Å². The first kappa shape index (κ1) is 14.2. The number of amides is 1. The number of likely N-dealkylation sites (tertiary alicyclic amines) is 1. The number of nitro groups is 1. The van der Waals surface area contributed by atoms with Gasteiger partial charge in [-0.25, -0.2) is 0 Å². The summed E-state index contributed by atoms with van der Waals surface area (Å²) in [7, 11) is 2.10. The molecule has 2 unspecified atom stereocenters. The summed E-state index contributed by atoms with van der Waals surface area (Å²) in [6.45, 7) is 1.83. The Morgan fingerprint density at radius 2 is 2.00 bits per heavy atom. The fourth-order valence-corrected chi connectivity index (χ4v) is 3.99. The molecule has 2 aliphatic rings. The zero-order chi connectivity index (χ0) is 16.1. The van der Waals surface area contributed by atoms with Crippen LogP contribution in [0, 0.1) is 10.1 Å². The van der Waals surface area contributed by atoms with Crippen molar-refractivity contribution in [3.8, 4) is 0 Å². The molecular formula is C16H18N4O3. The molecule has 0 saturated carbocycles. The largest absolute Gasteiger partial charge is 0.360 e. The van der Waals surface area contributed by atoms with Crippen molar-refractivity contribution in [2.45, 2.75) is 24.9 Å². The van der Waals surface area contributed by atoms with Crippen LogP contribution in [0.2, 0.25) is 0 Å². The topological polar surface area (TPSA) is 82.5 Å². The summed E-state index contributed by atoms with van der Waals surface area (Å²) in [5.74, 6) is 0.0331. The van der Waals surface area contributed by atoms with Crippen LogP contribution in [-0.2, 0) is 0 Å². The van der Waals surface area contributed by atoms with E-state index in [1.165, 1.54) is 12.1 Å². The van der Waals surface area contributed by atoms with Gasteiger partial charge in [0.25, 0.3) is 11.6 Å². The average molecular weight is 314 g/mol. The standard InChI is InChI=1S/C16H18N4O3/c1-18-8-11-2-3-12(9-18)19(11)16(21)14-7-17-15-6-10(20(22)23)4-5-13(14)15/h4-7,11-12,17H,2-3,8-9H2,1H3. The number of rotatable bonds is 2. The Morgan fingerprint density at radius 3 is 2.65 bits per heavy atom. The molecule has 2 fully saturated rings. The lowest BCUT2D eigenvalue weighted by atomic mass is 10.1. The quantitative estimate of drug-likeness (QED) is 0.679. The molecule has 0 spiro atoms. The van der Waals surface area contributed by atoms with Gasteiger partial charge in [0.05, 0.1) is 16.0 Å². The van der Waals surface area contributed by atoms with Crippen LogP contribution in [0.3, 0.4) is 0 Å². The first-order valence-electron chi connectivity index (χ1n) is 7.81. The predicted octanol–water partition coefficient (Wildman–Crippen LogP) is 1.99. The molecule has 23 heavy (non-hydrogen) atoms. The molecule has 7 heteroatoms. The van der Waals surface area contributed by atoms with E-state index in [9.17, 15) is 14.9 Å². The molecule has 4 rings (SSSR count). The third-order valence-corrected chi connectivity index (χ3v) is 5.01. The number of hydrogen-bond acceptors (Lipinski definition) is 4. The average Bonchev–Trinajstić information content (AvgIpc) is 3.05. The number of fused-ring (bicyclic) bond motifs is 3. The molecule has 2 atom stereocenters. The van der Waals surface area contributed by atoms with Gasteiger partial charge in [0.2, 0.25) is 0 Å². The first-order valence-corrected chi connectivity index (χ1v) is 7.81. The molecule has 2 aromatic rings. The minimum absolute atomic E-state index is 0.0259. The predicted molar refractivity (Wildman–Crippen MR) is 85.4 cm³/mol. The van der Waals surface area contributed by atoms with Crippen molar-refractivity contribution in [3.05, 3.63) is 40.1 Å². The highest BCUT2D eigenvalue weighted by Crippen LogP contribution is 2.33. The van der Waals surface area contributed by atoms with Gasteiger partial charge in [0.15, 0.2) is 0 Å². The van der Waals surface area contributed by atoms with Crippen molar-refractivity contribution >= 4 is 22.5 Å². The molecule has 7 nitrogen and oxygen atoms in total. The number of nitrogens with one attached hydrogen (secondary N) is 1. The molecular weight excluding hydrogens is 296 g/mol. The van der Waals surface area contributed by atoms with E-state index in [-0.39, 0.29) is 23.7 Å². The van der Waals surface area contributed by atoms with E-state index in [4.69, 9.17) is 0 Å². The molecule has 1 amide bonds. The SMILES string of the molecule is CN1CC2CCC(C1)N2C(=O)c1c[nH]c2cc([N+](=O)[O-])ccc12. The molecule has 0 radical (unpaired) electrons. The Labute approximate surface area is 133 Å². The molecule has 1 aromatic heterocycles. The van der Waals surface area contributed by atoms with Gasteiger partial charge in [-0.05, 0) is 26.0 Å². The van der Waals surface area contributed by atoms with Crippen LogP contribution >= 0.6 is 0 Å². The van der Waals surface area contributed by atoms with Crippen LogP contribution in [0.5, 0.6) is 0 Å². The summed E-state index contributed by atoms with van der Waals surface area (Å²) >= 11 is 0. The maximum Gasteiger partial charge on any atom is 0.271 e. The molecule has 2 bridgehead atoms. The molecule has 2 saturated heterocycles. The van der Waals surface area contributed by atoms with Crippen molar-refractivity contribution in [1.29, 1.82) is 0 Å². The number of aromatic nitrogens is 1. The van der Waals surface area contributed by atoms with Crippen molar-refractivity contribution in [1.82, 2.24) is 14.8 Å². The maximum atomic E-state index is 13.0. The van der Waals surface area contributed by atoms with Gasteiger partial charge >= 0.3 is 0 Å². The minimum Gasteiger partial charge on any atom is -0.360 e. The van der Waals surface area contributed by atoms with Crippen molar-refractivity contribution in [2.75, 3.05) is 20.1 Å². The van der Waals surface area contributed by atoms with E-state index in [1.807, 2.05) is 4.90 Å². The minimum atomic E-state index is -0.428. The van der Waals surface area contributed by atoms with E-state index in [0.717, 1.165) is 31.3 Å². The van der Waals surface area contributed by atoms with Crippen molar-refractivity contribution in [3.63, 3.8) is 0 Å². The van der Waals surface area contributed by atoms with Crippen LogP contribution in [0.25, 0.3) is 10.9 Å². The number of hydrogen-bond donors (Lipinski definition) is 1. The number of nitro benzene ring substituents is 1. The summed E-state index contributed by atoms with van der Waals surface area (Å²) in [6, 6.07) is 5.13. The number of piperazine rings is 1. The molecule has 1 aromatic carbocycles. The number of aromatic amines is 1. The first-order chi connectivity index (χ1) is 11.0. The molecule has 0 aliphatic carbocycles. The summed E-state index contributed by atoms with van der Waals surface area (Å²) in [6.07, 6.45) is 3.78. The lowest BCUT2D eigenvalue weighted by molar-refractivity contribution is -0.384. The number of carbonyl (C=O) groups excluding carboxylic acids is 1. The van der Waals surface area contributed by atoms with Gasteiger partial charge in [-0.3, -0.25) is 14.9 Å². The number of non-ortho nitro benzene ring substituents is 1. The van der Waals surface area contributed by atoms with Gasteiger partial charge < -0.3 is 14.8 Å². The van der Waals surface area contributed by atoms with Crippen LogP contribution in [0.1, 0.15) is 23.2 Å². The van der Waals surface area contributed by atoms with Gasteiger partial charge in [0, 0.05) is 48.9 Å². The third kappa shape index (κ3) is 2.19. The van der Waals surface area contributed by atoms with E-state index in [0.29, 0.717) is 11.1 Å². The molecule has 1 N–H and O–H groups in total. The summed E-state index contributed by atoms with van der Waals surface area (Å²) in [5, 5.41) is 11.6. The van der Waals surface area contributed by atoms with Crippen LogP contribution < -0.4 is 0 Å². The lowest BCUT2D eigenvalue weighted by Gasteiger charge is -2.39. The Kier molecular flexibility index (Phi) is 3.12. The number of carbonyl (C=O) groups is 1. The van der Waals surface area contributed by atoms with E-state index < -0.39 is 4.92 Å². The van der Waals surface area contributed by atoms with E-state index in [1.54, 1.807) is 12.3 Å². The zero-order valence-electron chi connectivity index (χ0n) is 12.9. The fourth-order valence-electron chi connectivity index (χ4n) is 3.99. The number of likely N-dealkylation sites (N-methyl/N-ethyl adjacent to an activating group) is 1. The Morgan fingerprint density at radius 1 is 1.30 bits per heavy atom. The highest BCUT2D eigenvalue weighted by Gasteiger charge is 2.42. The zero-order valence-corrected chi connectivity index (χ0v) is 12.9. The number of nitrogens with zero attached hydrogens (tertiary/aromatic N) is 3. The van der Waals surface area contributed by atoms with E-state index in [2.05, 4.69) is 16.9 Å². The highest BCUT2D eigenvalue weighted by molar-refractivity contribution is 6.07. The second kappa shape index (κ2) is 5.06. The molecule has 120 valence electrons. The van der Waals surface area contributed by atoms with Crippen molar-refractivity contribution < 1.29 is 9.72 Å². The van der Waals surface area contributed by atoms with Gasteiger partial charge in [-0.2, -0.15) is 0 Å². The summed E-state index contributed by atoms with van der Waals surface area (Å²) < 4.78 is 0. The monoisotopic (exact) mass is 314 g/mol. The molecule has 2 aliphatic heterocycles. The van der Waals surface area contributed by atoms with Crippen molar-refractivity contribution in [2.24, 2.45) is 0 Å². The van der Waals surface area contributed by atoms with Crippen LogP contribution in [-0.4, -0.2) is 57.8 Å². The maximum absolute atomic E-state index is 13.0. The third-order valence-electron chi connectivity index (χ3n) is 5.01. The Balaban J connectivity index is 1.69. The summed E-state index contributed by atoms with van der Waals surface area (Å²) in [5.41, 5.74) is 1.26. The number of benzene rings is 1. The second-order valence-corrected chi connectivity index (χ2v) is 6.51. The highest BCUT2D eigenvalue weighted by atomic mass is 16.6. The lowest BCUT2D eigenvalue weighted by Crippen LogP contribution is -2.54. The Bertz CT molecular complexity index is 786. The molecule has 3 heterocycles. The summed E-state index contributed by atoms with van der Waals surface area (Å²) in [4.78, 5) is 30.8. The number of H-pyrrole nitrogens is 1. The van der Waals surface area contributed by atoms with Crippen LogP contribution in [0.4, 0.5) is 5.69 Å². The smallest absolute Gasteiger partial charge is 0.271 e. The second-order valence-electron chi connectivity index (χ2n) is 6.51. The van der Waals surface area contributed by atoms with Gasteiger partial charge in [-0.15, -0.1) is 0 Å². The van der Waals surface area contributed by atoms with Crippen LogP contribution in [0.15, 0.2) is 24.4 Å². The fraction of sp³-hybridized carbons (Fsp3) is 0.438. The Hall–Kier alpha value is -2.41.